The van der Waals surface area contributed by atoms with Crippen LogP contribution < -0.4 is 4.90 Å². The minimum absolute atomic E-state index is 0.140. The Bertz CT molecular complexity index is 724. The molecule has 23 heavy (non-hydrogen) atoms. The molecule has 1 unspecified atom stereocenters. The van der Waals surface area contributed by atoms with Crippen molar-refractivity contribution in [2.45, 2.75) is 6.10 Å². The van der Waals surface area contributed by atoms with E-state index in [9.17, 15) is 13.6 Å². The van der Waals surface area contributed by atoms with Crippen molar-refractivity contribution in [3.05, 3.63) is 53.5 Å². The maximum atomic E-state index is 13.4. The summed E-state index contributed by atoms with van der Waals surface area (Å²) in [6.45, 7) is 1.31. The number of ether oxygens (including phenoxy) is 1. The van der Waals surface area contributed by atoms with E-state index in [1.54, 1.807) is 0 Å². The number of anilines is 1. The molecule has 0 aliphatic carbocycles. The summed E-state index contributed by atoms with van der Waals surface area (Å²) in [6.07, 6.45) is 2.12. The molecule has 1 aliphatic heterocycles. The average molecular weight is 321 g/mol. The first-order chi connectivity index (χ1) is 11.0. The van der Waals surface area contributed by atoms with E-state index in [1.165, 1.54) is 18.5 Å². The minimum Gasteiger partial charge on any atom is -0.476 e. The maximum Gasteiger partial charge on any atom is 0.356 e. The monoisotopic (exact) mass is 321 g/mol. The van der Waals surface area contributed by atoms with Crippen molar-refractivity contribution in [1.82, 2.24) is 9.97 Å². The van der Waals surface area contributed by atoms with E-state index in [4.69, 9.17) is 9.84 Å². The van der Waals surface area contributed by atoms with Crippen LogP contribution >= 0.6 is 0 Å². The largest absolute Gasteiger partial charge is 0.476 e. The Kier molecular flexibility index (Phi) is 4.16. The molecule has 1 aromatic heterocycles. The number of aromatic nitrogens is 2. The Morgan fingerprint density at radius 1 is 1.26 bits per heavy atom. The summed E-state index contributed by atoms with van der Waals surface area (Å²) in [5, 5.41) is 8.82. The molecular weight excluding hydrogens is 308 g/mol. The Morgan fingerprint density at radius 2 is 2.09 bits per heavy atom. The molecule has 1 N–H and O–H groups in total. The zero-order valence-corrected chi connectivity index (χ0v) is 11.9. The van der Waals surface area contributed by atoms with Gasteiger partial charge in [0, 0.05) is 13.1 Å². The Labute approximate surface area is 130 Å². The number of carbonyl (C=O) groups is 1. The van der Waals surface area contributed by atoms with Gasteiger partial charge in [0.1, 0.15) is 11.9 Å². The van der Waals surface area contributed by atoms with Gasteiger partial charge < -0.3 is 14.7 Å². The van der Waals surface area contributed by atoms with E-state index < -0.39 is 23.7 Å². The summed E-state index contributed by atoms with van der Waals surface area (Å²) in [5.74, 6) is -2.47. The van der Waals surface area contributed by atoms with Gasteiger partial charge in [-0.1, -0.05) is 6.07 Å². The van der Waals surface area contributed by atoms with Gasteiger partial charge in [0.05, 0.1) is 19.0 Å². The zero-order valence-electron chi connectivity index (χ0n) is 11.9. The Balaban J connectivity index is 1.77. The number of carboxylic acid groups (broad SMARTS) is 1. The predicted molar refractivity (Wildman–Crippen MR) is 76.3 cm³/mol. The number of morpholine rings is 1. The lowest BCUT2D eigenvalue weighted by Gasteiger charge is -2.33. The first-order valence-electron chi connectivity index (χ1n) is 6.91. The second-order valence-corrected chi connectivity index (χ2v) is 5.04. The first kappa shape index (κ1) is 15.3. The fourth-order valence-electron chi connectivity index (χ4n) is 2.37. The molecule has 1 fully saturated rings. The molecule has 0 saturated carbocycles. The molecule has 2 heterocycles. The smallest absolute Gasteiger partial charge is 0.356 e. The molecule has 3 rings (SSSR count). The van der Waals surface area contributed by atoms with Crippen LogP contribution in [0.5, 0.6) is 0 Å². The highest BCUT2D eigenvalue weighted by Gasteiger charge is 2.24. The molecule has 0 radical (unpaired) electrons. The minimum atomic E-state index is -1.15. The molecule has 1 aliphatic rings. The first-order valence-corrected chi connectivity index (χ1v) is 6.91. The van der Waals surface area contributed by atoms with Gasteiger partial charge in [-0.05, 0) is 17.7 Å². The third-order valence-corrected chi connectivity index (χ3v) is 3.56. The van der Waals surface area contributed by atoms with Crippen LogP contribution in [0.1, 0.15) is 22.2 Å². The zero-order chi connectivity index (χ0) is 16.4. The molecule has 0 bridgehead atoms. The van der Waals surface area contributed by atoms with Gasteiger partial charge in [-0.2, -0.15) is 0 Å². The summed E-state index contributed by atoms with van der Waals surface area (Å²) in [4.78, 5) is 20.5. The Hall–Kier alpha value is -2.61. The van der Waals surface area contributed by atoms with Crippen LogP contribution in [0.25, 0.3) is 0 Å². The Morgan fingerprint density at radius 3 is 2.74 bits per heavy atom. The molecule has 6 nitrogen and oxygen atoms in total. The van der Waals surface area contributed by atoms with Crippen molar-refractivity contribution in [3.63, 3.8) is 0 Å². The van der Waals surface area contributed by atoms with Crippen molar-refractivity contribution >= 4 is 11.8 Å². The molecular formula is C15H13F2N3O3. The number of aromatic carboxylic acids is 1. The standard InChI is InChI=1S/C15H13F2N3O3/c16-10-2-1-9(5-11(10)17)13-8-20(3-4-23-13)14-7-18-12(6-19-14)15(21)22/h1-2,5-7,13H,3-4,8H2,(H,21,22). The van der Waals surface area contributed by atoms with Gasteiger partial charge in [-0.3, -0.25) is 0 Å². The molecule has 1 atom stereocenters. The summed E-state index contributed by atoms with van der Waals surface area (Å²) >= 11 is 0. The van der Waals surface area contributed by atoms with Crippen LogP contribution in [0.3, 0.4) is 0 Å². The lowest BCUT2D eigenvalue weighted by molar-refractivity contribution is 0.0392. The van der Waals surface area contributed by atoms with E-state index in [-0.39, 0.29) is 5.69 Å². The van der Waals surface area contributed by atoms with E-state index in [0.717, 1.165) is 12.1 Å². The van der Waals surface area contributed by atoms with Crippen LogP contribution in [-0.2, 0) is 4.74 Å². The van der Waals surface area contributed by atoms with Crippen LogP contribution in [0.4, 0.5) is 14.6 Å². The van der Waals surface area contributed by atoms with Crippen LogP contribution in [0, 0.1) is 11.6 Å². The normalized spacial score (nSPS) is 18.0. The molecule has 0 amide bonds. The number of nitrogens with zero attached hydrogens (tertiary/aromatic N) is 3. The van der Waals surface area contributed by atoms with E-state index >= 15 is 0 Å². The number of halogens is 2. The van der Waals surface area contributed by atoms with Gasteiger partial charge in [0.25, 0.3) is 0 Å². The number of hydrogen-bond acceptors (Lipinski definition) is 5. The highest BCUT2D eigenvalue weighted by atomic mass is 19.2. The summed E-state index contributed by atoms with van der Waals surface area (Å²) in [7, 11) is 0. The number of rotatable bonds is 3. The number of benzene rings is 1. The molecule has 8 heteroatoms. The lowest BCUT2D eigenvalue weighted by atomic mass is 10.1. The topological polar surface area (TPSA) is 75.5 Å². The van der Waals surface area contributed by atoms with Gasteiger partial charge in [-0.15, -0.1) is 0 Å². The average Bonchev–Trinajstić information content (AvgIpc) is 2.57. The van der Waals surface area contributed by atoms with Gasteiger partial charge in [0.15, 0.2) is 17.3 Å². The maximum absolute atomic E-state index is 13.4. The third kappa shape index (κ3) is 3.26. The molecule has 1 aromatic carbocycles. The number of carboxylic acids is 1. The summed E-state index contributed by atoms with van der Waals surface area (Å²) in [5.41, 5.74) is 0.392. The van der Waals surface area contributed by atoms with Crippen molar-refractivity contribution in [1.29, 1.82) is 0 Å². The summed E-state index contributed by atoms with van der Waals surface area (Å²) in [6, 6.07) is 3.66. The van der Waals surface area contributed by atoms with Crippen LogP contribution in [0.2, 0.25) is 0 Å². The van der Waals surface area contributed by atoms with Crippen molar-refractivity contribution in [2.75, 3.05) is 24.6 Å². The van der Waals surface area contributed by atoms with E-state index in [0.29, 0.717) is 31.1 Å². The highest BCUT2D eigenvalue weighted by Crippen LogP contribution is 2.25. The number of hydrogen-bond donors (Lipinski definition) is 1. The van der Waals surface area contributed by atoms with Crippen molar-refractivity contribution in [2.24, 2.45) is 0 Å². The van der Waals surface area contributed by atoms with Gasteiger partial charge in [0.2, 0.25) is 0 Å². The molecule has 120 valence electrons. The van der Waals surface area contributed by atoms with E-state index in [2.05, 4.69) is 9.97 Å². The fourth-order valence-corrected chi connectivity index (χ4v) is 2.37. The van der Waals surface area contributed by atoms with Gasteiger partial charge >= 0.3 is 5.97 Å². The fraction of sp³-hybridized carbons (Fsp3) is 0.267. The quantitative estimate of drug-likeness (QED) is 0.932. The highest BCUT2D eigenvalue weighted by molar-refractivity contribution is 5.84. The predicted octanol–water partition coefficient (Wildman–Crippen LogP) is 2.03. The third-order valence-electron chi connectivity index (χ3n) is 3.56. The van der Waals surface area contributed by atoms with Crippen LogP contribution in [0.15, 0.2) is 30.6 Å². The van der Waals surface area contributed by atoms with Crippen molar-refractivity contribution < 1.29 is 23.4 Å². The SMILES string of the molecule is O=C(O)c1cnc(N2CCOC(c3ccc(F)c(F)c3)C2)cn1. The molecule has 2 aromatic rings. The summed E-state index contributed by atoms with van der Waals surface area (Å²) < 4.78 is 32.0. The second kappa shape index (κ2) is 6.25. The second-order valence-electron chi connectivity index (χ2n) is 5.04. The van der Waals surface area contributed by atoms with Gasteiger partial charge in [-0.25, -0.2) is 23.5 Å². The van der Waals surface area contributed by atoms with Crippen molar-refractivity contribution in [3.8, 4) is 0 Å². The molecule has 1 saturated heterocycles. The lowest BCUT2D eigenvalue weighted by Crippen LogP contribution is -2.39. The van der Waals surface area contributed by atoms with Crippen LogP contribution in [-0.4, -0.2) is 40.7 Å². The van der Waals surface area contributed by atoms with E-state index in [1.807, 2.05) is 4.90 Å². The molecule has 0 spiro atoms.